The van der Waals surface area contributed by atoms with Gasteiger partial charge < -0.3 is 5.73 Å². The average Bonchev–Trinajstić information content (AvgIpc) is 2.97. The maximum Gasteiger partial charge on any atom is 0.0744 e. The van der Waals surface area contributed by atoms with Crippen molar-refractivity contribution in [2.75, 3.05) is 0 Å². The molecular formula is C16H14ClN3. The molecule has 0 amide bonds. The third-order valence-electron chi connectivity index (χ3n) is 3.21. The predicted octanol–water partition coefficient (Wildman–Crippen LogP) is 3.65. The number of hydrogen-bond acceptors (Lipinski definition) is 2. The van der Waals surface area contributed by atoms with Crippen LogP contribution in [0, 0.1) is 0 Å². The molecule has 0 aliphatic rings. The molecular weight excluding hydrogens is 270 g/mol. The molecule has 0 aliphatic carbocycles. The van der Waals surface area contributed by atoms with E-state index in [-0.39, 0.29) is 0 Å². The van der Waals surface area contributed by atoms with Gasteiger partial charge in [0.25, 0.3) is 0 Å². The fourth-order valence-corrected chi connectivity index (χ4v) is 2.42. The van der Waals surface area contributed by atoms with Crippen LogP contribution in [0.5, 0.6) is 0 Å². The van der Waals surface area contributed by atoms with Crippen molar-refractivity contribution in [3.8, 4) is 16.9 Å². The van der Waals surface area contributed by atoms with Crippen LogP contribution in [0.15, 0.2) is 60.8 Å². The van der Waals surface area contributed by atoms with Crippen molar-refractivity contribution < 1.29 is 0 Å². The molecule has 0 bridgehead atoms. The minimum absolute atomic E-state index is 0.465. The zero-order chi connectivity index (χ0) is 13.9. The Morgan fingerprint density at radius 1 is 1.05 bits per heavy atom. The Labute approximate surface area is 122 Å². The van der Waals surface area contributed by atoms with Gasteiger partial charge in [-0.1, -0.05) is 35.9 Å². The van der Waals surface area contributed by atoms with Crippen LogP contribution < -0.4 is 5.73 Å². The van der Waals surface area contributed by atoms with E-state index >= 15 is 0 Å². The van der Waals surface area contributed by atoms with Gasteiger partial charge in [0, 0.05) is 17.1 Å². The molecule has 3 rings (SSSR count). The first-order valence-electron chi connectivity index (χ1n) is 6.38. The maximum atomic E-state index is 6.12. The molecule has 2 N–H and O–H groups in total. The third kappa shape index (κ3) is 2.33. The molecule has 0 fully saturated rings. The largest absolute Gasteiger partial charge is 0.326 e. The Kier molecular flexibility index (Phi) is 3.54. The Balaban J connectivity index is 2.18. The van der Waals surface area contributed by atoms with E-state index in [0.717, 1.165) is 22.5 Å². The van der Waals surface area contributed by atoms with Crippen molar-refractivity contribution in [3.63, 3.8) is 0 Å². The van der Waals surface area contributed by atoms with Crippen LogP contribution in [0.3, 0.4) is 0 Å². The predicted molar refractivity (Wildman–Crippen MR) is 81.9 cm³/mol. The number of hydrogen-bond donors (Lipinski definition) is 1. The van der Waals surface area contributed by atoms with Gasteiger partial charge in [0.05, 0.1) is 17.6 Å². The zero-order valence-electron chi connectivity index (χ0n) is 10.8. The Morgan fingerprint density at radius 3 is 2.60 bits per heavy atom. The summed E-state index contributed by atoms with van der Waals surface area (Å²) in [4.78, 5) is 0. The lowest BCUT2D eigenvalue weighted by atomic mass is 10.0. The number of benzene rings is 2. The van der Waals surface area contributed by atoms with Gasteiger partial charge in [0.15, 0.2) is 0 Å². The molecule has 0 unspecified atom stereocenters. The molecule has 3 nitrogen and oxygen atoms in total. The molecule has 3 aromatic rings. The summed E-state index contributed by atoms with van der Waals surface area (Å²) in [7, 11) is 0. The maximum absolute atomic E-state index is 6.12. The summed E-state index contributed by atoms with van der Waals surface area (Å²) in [5.41, 5.74) is 9.88. The first-order valence-corrected chi connectivity index (χ1v) is 6.75. The lowest BCUT2D eigenvalue weighted by Crippen LogP contribution is -2.03. The van der Waals surface area contributed by atoms with Crippen molar-refractivity contribution in [1.29, 1.82) is 0 Å². The number of halogens is 1. The second-order valence-corrected chi connectivity index (χ2v) is 4.91. The van der Waals surface area contributed by atoms with Gasteiger partial charge in [-0.25, -0.2) is 4.68 Å². The lowest BCUT2D eigenvalue weighted by molar-refractivity contribution is 0.885. The van der Waals surface area contributed by atoms with E-state index in [4.69, 9.17) is 17.3 Å². The van der Waals surface area contributed by atoms with Crippen LogP contribution in [0.1, 0.15) is 5.56 Å². The van der Waals surface area contributed by atoms with Crippen LogP contribution >= 0.6 is 11.6 Å². The average molecular weight is 284 g/mol. The summed E-state index contributed by atoms with van der Waals surface area (Å²) in [5.74, 6) is 0. The van der Waals surface area contributed by atoms with Crippen molar-refractivity contribution in [3.05, 3.63) is 71.4 Å². The number of nitrogens with zero attached hydrogens (tertiary/aromatic N) is 2. The molecule has 4 heteroatoms. The van der Waals surface area contributed by atoms with Crippen LogP contribution in [0.25, 0.3) is 16.9 Å². The highest BCUT2D eigenvalue weighted by Crippen LogP contribution is 2.28. The molecule has 0 saturated heterocycles. The van der Waals surface area contributed by atoms with Crippen molar-refractivity contribution in [2.45, 2.75) is 6.54 Å². The topological polar surface area (TPSA) is 43.8 Å². The second-order valence-electron chi connectivity index (χ2n) is 4.47. The van der Waals surface area contributed by atoms with E-state index < -0.39 is 0 Å². The molecule has 0 radical (unpaired) electrons. The molecule has 0 aliphatic heterocycles. The first kappa shape index (κ1) is 12.9. The highest BCUT2D eigenvalue weighted by molar-refractivity contribution is 6.30. The van der Waals surface area contributed by atoms with E-state index in [0.29, 0.717) is 11.6 Å². The number of aromatic nitrogens is 2. The summed E-state index contributed by atoms with van der Waals surface area (Å²) in [6, 6.07) is 17.7. The van der Waals surface area contributed by atoms with Gasteiger partial charge in [-0.3, -0.25) is 0 Å². The molecule has 1 heterocycles. The summed E-state index contributed by atoms with van der Waals surface area (Å²) < 4.78 is 1.89. The van der Waals surface area contributed by atoms with E-state index in [1.54, 1.807) is 6.20 Å². The van der Waals surface area contributed by atoms with Gasteiger partial charge >= 0.3 is 0 Å². The third-order valence-corrected chi connectivity index (χ3v) is 3.45. The molecule has 0 atom stereocenters. The van der Waals surface area contributed by atoms with E-state index in [1.165, 1.54) is 0 Å². The van der Waals surface area contributed by atoms with Gasteiger partial charge in [-0.15, -0.1) is 0 Å². The fourth-order valence-electron chi connectivity index (χ4n) is 2.25. The fraction of sp³-hybridized carbons (Fsp3) is 0.0625. The normalized spacial score (nSPS) is 10.7. The standard InChI is InChI=1S/C16H14ClN3/c17-13-7-6-12(11-18)15(10-13)16-8-9-19-20(16)14-4-2-1-3-5-14/h1-10H,11,18H2. The molecule has 20 heavy (non-hydrogen) atoms. The Hall–Kier alpha value is -2.10. The van der Waals surface area contributed by atoms with Crippen molar-refractivity contribution in [2.24, 2.45) is 5.73 Å². The first-order chi connectivity index (χ1) is 9.79. The zero-order valence-corrected chi connectivity index (χ0v) is 11.6. The van der Waals surface area contributed by atoms with E-state index in [1.807, 2.05) is 59.3 Å². The monoisotopic (exact) mass is 283 g/mol. The quantitative estimate of drug-likeness (QED) is 0.797. The minimum Gasteiger partial charge on any atom is -0.326 e. The van der Waals surface area contributed by atoms with E-state index in [2.05, 4.69) is 5.10 Å². The number of para-hydroxylation sites is 1. The number of nitrogens with two attached hydrogens (primary N) is 1. The highest BCUT2D eigenvalue weighted by Gasteiger charge is 2.11. The number of rotatable bonds is 3. The van der Waals surface area contributed by atoms with Crippen LogP contribution in [0.2, 0.25) is 5.02 Å². The highest BCUT2D eigenvalue weighted by atomic mass is 35.5. The summed E-state index contributed by atoms with van der Waals surface area (Å²) in [5, 5.41) is 5.09. The molecule has 0 saturated carbocycles. The lowest BCUT2D eigenvalue weighted by Gasteiger charge is -2.11. The van der Waals surface area contributed by atoms with Gasteiger partial charge in [-0.05, 0) is 35.9 Å². The van der Waals surface area contributed by atoms with Gasteiger partial charge in [-0.2, -0.15) is 5.10 Å². The Morgan fingerprint density at radius 2 is 1.85 bits per heavy atom. The van der Waals surface area contributed by atoms with Crippen molar-refractivity contribution >= 4 is 11.6 Å². The molecule has 100 valence electrons. The second kappa shape index (κ2) is 5.49. The van der Waals surface area contributed by atoms with Crippen LogP contribution in [-0.4, -0.2) is 9.78 Å². The smallest absolute Gasteiger partial charge is 0.0744 e. The summed E-state index contributed by atoms with van der Waals surface area (Å²) >= 11 is 6.12. The SMILES string of the molecule is NCc1ccc(Cl)cc1-c1ccnn1-c1ccccc1. The van der Waals surface area contributed by atoms with Crippen LogP contribution in [-0.2, 0) is 6.54 Å². The van der Waals surface area contributed by atoms with Crippen LogP contribution in [0.4, 0.5) is 0 Å². The Bertz CT molecular complexity index is 720. The molecule has 1 aromatic heterocycles. The summed E-state index contributed by atoms with van der Waals surface area (Å²) in [6.45, 7) is 0.465. The summed E-state index contributed by atoms with van der Waals surface area (Å²) in [6.07, 6.45) is 1.78. The minimum atomic E-state index is 0.465. The van der Waals surface area contributed by atoms with Crippen molar-refractivity contribution in [1.82, 2.24) is 9.78 Å². The molecule has 2 aromatic carbocycles. The molecule has 0 spiro atoms. The van der Waals surface area contributed by atoms with Gasteiger partial charge in [0.2, 0.25) is 0 Å². The van der Waals surface area contributed by atoms with Gasteiger partial charge in [0.1, 0.15) is 0 Å². The van der Waals surface area contributed by atoms with E-state index in [9.17, 15) is 0 Å².